The van der Waals surface area contributed by atoms with Crippen molar-refractivity contribution in [2.75, 3.05) is 11.4 Å². The van der Waals surface area contributed by atoms with Crippen molar-refractivity contribution < 1.29 is 19.2 Å². The van der Waals surface area contributed by atoms with E-state index in [0.717, 1.165) is 66.2 Å². The first kappa shape index (κ1) is 26.9. The molecule has 0 spiro atoms. The van der Waals surface area contributed by atoms with Crippen LogP contribution in [0.1, 0.15) is 93.2 Å². The standard InChI is InChI=1S/C33H37N5O4/c1-32(2)17-22(12-15-36(32)31(42)33(3)13-5-14-33)37-19-20(18-34-37)16-21-8-9-25-28-23(21)6-4-7-24(28)30(41)38(25)26-10-11-27(39)35-29(26)40/h4,6-9,18-19,22,26H,5,10-17H2,1-3H3,(H,35,39,40). The molecule has 2 atom stereocenters. The van der Waals surface area contributed by atoms with E-state index in [0.29, 0.717) is 24.3 Å². The monoisotopic (exact) mass is 567 g/mol. The Labute approximate surface area is 245 Å². The van der Waals surface area contributed by atoms with Gasteiger partial charge in [0.15, 0.2) is 0 Å². The third-order valence-corrected chi connectivity index (χ3v) is 10.1. The minimum Gasteiger partial charge on any atom is -0.337 e. The van der Waals surface area contributed by atoms with Crippen LogP contribution >= 0.6 is 0 Å². The largest absolute Gasteiger partial charge is 0.337 e. The number of nitrogens with one attached hydrogen (secondary N) is 1. The Bertz CT molecular complexity index is 1650. The number of aromatic nitrogens is 2. The SMILES string of the molecule is CC1(C(=O)N2CCC(n3cc(Cc4ccc5c6c(cccc46)C(=O)N5C4CCC(=O)NC4=O)cn3)CC2(C)C)CCC1. The van der Waals surface area contributed by atoms with Gasteiger partial charge in [-0.3, -0.25) is 34.1 Å². The van der Waals surface area contributed by atoms with Gasteiger partial charge in [-0.1, -0.05) is 31.5 Å². The van der Waals surface area contributed by atoms with Crippen LogP contribution in [0.4, 0.5) is 5.69 Å². The molecule has 1 saturated carbocycles. The summed E-state index contributed by atoms with van der Waals surface area (Å²) in [6.07, 6.45) is 10.1. The molecule has 0 bridgehead atoms. The van der Waals surface area contributed by atoms with E-state index in [-0.39, 0.29) is 35.2 Å². The summed E-state index contributed by atoms with van der Waals surface area (Å²) >= 11 is 0. The zero-order chi connectivity index (χ0) is 29.4. The van der Waals surface area contributed by atoms with E-state index >= 15 is 0 Å². The average molecular weight is 568 g/mol. The van der Waals surface area contributed by atoms with Crippen LogP contribution < -0.4 is 10.2 Å². The summed E-state index contributed by atoms with van der Waals surface area (Å²) in [5, 5.41) is 8.98. The Kier molecular flexibility index (Phi) is 6.08. The van der Waals surface area contributed by atoms with E-state index in [4.69, 9.17) is 5.10 Å². The fourth-order valence-corrected chi connectivity index (χ4v) is 7.57. The van der Waals surface area contributed by atoms with Gasteiger partial charge < -0.3 is 4.90 Å². The fourth-order valence-electron chi connectivity index (χ4n) is 7.57. The number of hydrogen-bond acceptors (Lipinski definition) is 5. The molecule has 4 aliphatic rings. The molecular formula is C33H37N5O4. The molecule has 3 aromatic rings. The first-order valence-electron chi connectivity index (χ1n) is 15.1. The highest BCUT2D eigenvalue weighted by Gasteiger charge is 2.47. The second kappa shape index (κ2) is 9.51. The van der Waals surface area contributed by atoms with Crippen LogP contribution in [0.5, 0.6) is 0 Å². The number of piperidine rings is 2. The fraction of sp³-hybridized carbons (Fsp3) is 0.485. The number of nitrogens with zero attached hydrogens (tertiary/aromatic N) is 4. The smallest absolute Gasteiger partial charge is 0.259 e. The molecule has 218 valence electrons. The number of likely N-dealkylation sites (tertiary alicyclic amines) is 1. The van der Waals surface area contributed by atoms with E-state index in [2.05, 4.69) is 41.9 Å². The van der Waals surface area contributed by atoms with Crippen molar-refractivity contribution in [2.24, 2.45) is 5.41 Å². The summed E-state index contributed by atoms with van der Waals surface area (Å²) in [5.41, 5.74) is 3.06. The Morgan fingerprint density at radius 3 is 2.60 bits per heavy atom. The highest BCUT2D eigenvalue weighted by molar-refractivity contribution is 6.27. The lowest BCUT2D eigenvalue weighted by Gasteiger charge is -2.50. The van der Waals surface area contributed by atoms with Crippen LogP contribution in [0.25, 0.3) is 10.8 Å². The summed E-state index contributed by atoms with van der Waals surface area (Å²) in [4.78, 5) is 54.8. The molecule has 9 heteroatoms. The second-order valence-electron chi connectivity index (χ2n) is 13.4. The summed E-state index contributed by atoms with van der Waals surface area (Å²) in [6.45, 7) is 7.21. The van der Waals surface area contributed by atoms with Gasteiger partial charge in [-0.2, -0.15) is 5.10 Å². The molecule has 0 radical (unpaired) electrons. The molecule has 42 heavy (non-hydrogen) atoms. The summed E-state index contributed by atoms with van der Waals surface area (Å²) in [7, 11) is 0. The first-order chi connectivity index (χ1) is 20.1. The molecule has 4 amide bonds. The van der Waals surface area contributed by atoms with Crippen LogP contribution in [0.15, 0.2) is 42.7 Å². The lowest BCUT2D eigenvalue weighted by atomic mass is 9.68. The van der Waals surface area contributed by atoms with Crippen LogP contribution in [-0.4, -0.2) is 56.4 Å². The summed E-state index contributed by atoms with van der Waals surface area (Å²) in [5.74, 6) is -0.617. The van der Waals surface area contributed by atoms with Gasteiger partial charge >= 0.3 is 0 Å². The van der Waals surface area contributed by atoms with Crippen molar-refractivity contribution in [2.45, 2.75) is 89.8 Å². The number of rotatable bonds is 5. The van der Waals surface area contributed by atoms with Crippen LogP contribution in [0, 0.1) is 5.41 Å². The zero-order valence-electron chi connectivity index (χ0n) is 24.5. The van der Waals surface area contributed by atoms with Gasteiger partial charge in [0, 0.05) is 47.5 Å². The van der Waals surface area contributed by atoms with Crippen molar-refractivity contribution in [3.8, 4) is 0 Å². The van der Waals surface area contributed by atoms with Crippen molar-refractivity contribution >= 4 is 40.1 Å². The number of imide groups is 1. The minimum absolute atomic E-state index is 0.188. The lowest BCUT2D eigenvalue weighted by Crippen LogP contribution is -2.58. The number of carbonyl (C=O) groups excluding carboxylic acids is 4. The van der Waals surface area contributed by atoms with E-state index in [9.17, 15) is 19.2 Å². The molecular weight excluding hydrogens is 530 g/mol. The average Bonchev–Trinajstić information content (AvgIpc) is 3.51. The molecule has 9 nitrogen and oxygen atoms in total. The Balaban J connectivity index is 1.11. The predicted molar refractivity (Wildman–Crippen MR) is 158 cm³/mol. The van der Waals surface area contributed by atoms with E-state index in [1.165, 1.54) is 0 Å². The highest BCUT2D eigenvalue weighted by Crippen LogP contribution is 2.46. The molecule has 3 aliphatic heterocycles. The topological polar surface area (TPSA) is 105 Å². The number of amides is 4. The maximum Gasteiger partial charge on any atom is 0.259 e. The molecule has 2 unspecified atom stereocenters. The van der Waals surface area contributed by atoms with Crippen LogP contribution in [0.3, 0.4) is 0 Å². The van der Waals surface area contributed by atoms with Crippen molar-refractivity contribution in [1.82, 2.24) is 20.0 Å². The molecule has 1 aliphatic carbocycles. The summed E-state index contributed by atoms with van der Waals surface area (Å²) < 4.78 is 2.07. The highest BCUT2D eigenvalue weighted by atomic mass is 16.2. The molecule has 4 heterocycles. The van der Waals surface area contributed by atoms with Crippen molar-refractivity contribution in [3.05, 3.63) is 59.4 Å². The van der Waals surface area contributed by atoms with Crippen LogP contribution in [0.2, 0.25) is 0 Å². The lowest BCUT2D eigenvalue weighted by molar-refractivity contribution is -0.155. The third-order valence-electron chi connectivity index (χ3n) is 10.1. The molecule has 2 aromatic carbocycles. The maximum atomic E-state index is 13.5. The van der Waals surface area contributed by atoms with Gasteiger partial charge in [0.05, 0.1) is 17.9 Å². The third kappa shape index (κ3) is 4.15. The Morgan fingerprint density at radius 2 is 1.88 bits per heavy atom. The quantitative estimate of drug-likeness (QED) is 0.457. The molecule has 2 saturated heterocycles. The Hall–Kier alpha value is -4.01. The molecule has 1 N–H and O–H groups in total. The number of benzene rings is 2. The first-order valence-corrected chi connectivity index (χ1v) is 15.1. The van der Waals surface area contributed by atoms with Gasteiger partial charge in [-0.15, -0.1) is 0 Å². The maximum absolute atomic E-state index is 13.5. The minimum atomic E-state index is -0.697. The Morgan fingerprint density at radius 1 is 1.07 bits per heavy atom. The van der Waals surface area contributed by atoms with Gasteiger partial charge in [0.25, 0.3) is 5.91 Å². The van der Waals surface area contributed by atoms with Crippen molar-refractivity contribution in [1.29, 1.82) is 0 Å². The zero-order valence-corrected chi connectivity index (χ0v) is 24.5. The van der Waals surface area contributed by atoms with E-state index in [1.807, 2.05) is 36.5 Å². The number of carbonyl (C=O) groups is 4. The van der Waals surface area contributed by atoms with Gasteiger partial charge in [0.1, 0.15) is 6.04 Å². The number of hydrogen-bond donors (Lipinski definition) is 1. The van der Waals surface area contributed by atoms with Gasteiger partial charge in [0.2, 0.25) is 17.7 Å². The molecule has 1 aromatic heterocycles. The van der Waals surface area contributed by atoms with E-state index in [1.54, 1.807) is 4.90 Å². The summed E-state index contributed by atoms with van der Waals surface area (Å²) in [6, 6.07) is 9.22. The van der Waals surface area contributed by atoms with Crippen molar-refractivity contribution in [3.63, 3.8) is 0 Å². The molecule has 7 rings (SSSR count). The second-order valence-corrected chi connectivity index (χ2v) is 13.4. The molecule has 3 fully saturated rings. The van der Waals surface area contributed by atoms with Crippen LogP contribution in [-0.2, 0) is 20.8 Å². The normalized spacial score (nSPS) is 24.6. The number of anilines is 1. The van der Waals surface area contributed by atoms with Gasteiger partial charge in [-0.05, 0) is 74.6 Å². The van der Waals surface area contributed by atoms with Gasteiger partial charge in [-0.25, -0.2) is 0 Å². The predicted octanol–water partition coefficient (Wildman–Crippen LogP) is 4.52. The van der Waals surface area contributed by atoms with E-state index < -0.39 is 11.9 Å².